The molecule has 3 heteroatoms. The Hall–Kier alpha value is -1.90. The first-order valence-corrected chi connectivity index (χ1v) is 5.27. The van der Waals surface area contributed by atoms with Crippen LogP contribution in [-0.4, -0.2) is 12.9 Å². The van der Waals surface area contributed by atoms with Gasteiger partial charge in [-0.2, -0.15) is 0 Å². The third-order valence-electron chi connectivity index (χ3n) is 2.39. The molecule has 0 heterocycles. The smallest absolute Gasteiger partial charge is 0.159 e. The molecule has 0 saturated carbocycles. The predicted octanol–water partition coefficient (Wildman–Crippen LogP) is 3.21. The van der Waals surface area contributed by atoms with Gasteiger partial charge in [0.25, 0.3) is 0 Å². The van der Waals surface area contributed by atoms with Crippen molar-refractivity contribution < 1.29 is 13.9 Å². The van der Waals surface area contributed by atoms with Gasteiger partial charge in [0.2, 0.25) is 0 Å². The van der Waals surface area contributed by atoms with Gasteiger partial charge in [0.05, 0.1) is 13.4 Å². The number of ketones is 1. The summed E-state index contributed by atoms with van der Waals surface area (Å²) < 4.78 is 17.4. The summed E-state index contributed by atoms with van der Waals surface area (Å²) in [6, 6.07) is 6.08. The minimum Gasteiger partial charge on any atom is -0.504 e. The number of ether oxygens (including phenoxy) is 1. The highest BCUT2D eigenvalue weighted by molar-refractivity contribution is 5.90. The van der Waals surface area contributed by atoms with E-state index in [1.807, 2.05) is 0 Å². The van der Waals surface area contributed by atoms with Gasteiger partial charge in [-0.1, -0.05) is 18.2 Å². The zero-order chi connectivity index (χ0) is 12.7. The van der Waals surface area contributed by atoms with Crippen LogP contribution in [0.4, 0.5) is 4.39 Å². The van der Waals surface area contributed by atoms with Gasteiger partial charge in [-0.3, -0.25) is 4.79 Å². The average Bonchev–Trinajstić information content (AvgIpc) is 2.34. The summed E-state index contributed by atoms with van der Waals surface area (Å²) in [7, 11) is 1.48. The monoisotopic (exact) mass is 234 g/mol. The Balaban J connectivity index is 2.72. The highest BCUT2D eigenvalue weighted by atomic mass is 19.1. The number of rotatable bonds is 6. The second-order valence-corrected chi connectivity index (χ2v) is 3.60. The lowest BCUT2D eigenvalue weighted by Crippen LogP contribution is -2.02. The molecule has 0 amide bonds. The number of halogens is 1. The zero-order valence-corrected chi connectivity index (χ0v) is 9.73. The van der Waals surface area contributed by atoms with Gasteiger partial charge in [0.1, 0.15) is 5.82 Å². The molecule has 2 nitrogen and oxygen atoms in total. The number of benzene rings is 1. The summed E-state index contributed by atoms with van der Waals surface area (Å²) in [5, 5.41) is 0. The molecule has 17 heavy (non-hydrogen) atoms. The first kappa shape index (κ1) is 13.2. The zero-order valence-electron chi connectivity index (χ0n) is 9.73. The van der Waals surface area contributed by atoms with E-state index in [2.05, 4.69) is 11.3 Å². The number of carbonyl (C=O) groups excluding carboxylic acids is 1. The van der Waals surface area contributed by atoms with E-state index < -0.39 is 0 Å². The van der Waals surface area contributed by atoms with Gasteiger partial charge < -0.3 is 4.74 Å². The first-order chi connectivity index (χ1) is 8.17. The van der Waals surface area contributed by atoms with Crippen LogP contribution in [0.25, 0.3) is 0 Å². The molecule has 0 aliphatic rings. The summed E-state index contributed by atoms with van der Waals surface area (Å²) in [6.07, 6.45) is 4.70. The van der Waals surface area contributed by atoms with Gasteiger partial charge in [-0.15, -0.1) is 6.58 Å². The van der Waals surface area contributed by atoms with Crippen LogP contribution < -0.4 is 0 Å². The summed E-state index contributed by atoms with van der Waals surface area (Å²) in [6.45, 7) is 3.69. The Labute approximate surface area is 100 Å². The van der Waals surface area contributed by atoms with E-state index in [1.165, 1.54) is 31.6 Å². The Morgan fingerprint density at radius 1 is 1.47 bits per heavy atom. The second-order valence-electron chi connectivity index (χ2n) is 3.60. The maximum atomic E-state index is 12.8. The van der Waals surface area contributed by atoms with Crippen LogP contribution >= 0.6 is 0 Å². The quantitative estimate of drug-likeness (QED) is 0.429. The molecule has 0 aliphatic carbocycles. The topological polar surface area (TPSA) is 26.3 Å². The number of methoxy groups -OCH3 is 1. The van der Waals surface area contributed by atoms with Crippen molar-refractivity contribution in [2.45, 2.75) is 12.3 Å². The van der Waals surface area contributed by atoms with Crippen molar-refractivity contribution in [1.82, 2.24) is 0 Å². The van der Waals surface area contributed by atoms with E-state index in [1.54, 1.807) is 18.2 Å². The average molecular weight is 234 g/mol. The maximum Gasteiger partial charge on any atom is 0.159 e. The normalized spacial score (nSPS) is 12.4. The Morgan fingerprint density at radius 3 is 2.65 bits per heavy atom. The molecule has 0 aromatic heterocycles. The molecule has 0 unspecified atom stereocenters. The Morgan fingerprint density at radius 2 is 2.12 bits per heavy atom. The van der Waals surface area contributed by atoms with Crippen molar-refractivity contribution in [2.75, 3.05) is 7.11 Å². The standard InChI is InChI=1S/C14H15FO2/c1-3-11(10-14(16)8-9-17-2)12-4-6-13(15)7-5-12/h3-9,11H,1,10H2,2H3/b9-8+/t11-/m0/s1. The lowest BCUT2D eigenvalue weighted by atomic mass is 9.94. The van der Waals surface area contributed by atoms with E-state index in [0.29, 0.717) is 6.42 Å². The summed E-state index contributed by atoms with van der Waals surface area (Å²) >= 11 is 0. The molecule has 0 N–H and O–H groups in total. The maximum absolute atomic E-state index is 12.8. The van der Waals surface area contributed by atoms with Gasteiger partial charge in [0, 0.05) is 18.4 Å². The first-order valence-electron chi connectivity index (χ1n) is 5.27. The van der Waals surface area contributed by atoms with Gasteiger partial charge >= 0.3 is 0 Å². The minimum absolute atomic E-state index is 0.0546. The third kappa shape index (κ3) is 4.23. The van der Waals surface area contributed by atoms with Gasteiger partial charge in [0.15, 0.2) is 5.78 Å². The Bertz CT molecular complexity index is 407. The molecule has 0 bridgehead atoms. The molecule has 1 atom stereocenters. The molecular weight excluding hydrogens is 219 g/mol. The molecule has 0 saturated heterocycles. The third-order valence-corrected chi connectivity index (χ3v) is 2.39. The molecule has 1 rings (SSSR count). The summed E-state index contributed by atoms with van der Waals surface area (Å²) in [5.74, 6) is -0.451. The van der Waals surface area contributed by atoms with Gasteiger partial charge in [-0.05, 0) is 17.7 Å². The molecule has 90 valence electrons. The van der Waals surface area contributed by atoms with Crippen LogP contribution in [0.2, 0.25) is 0 Å². The van der Waals surface area contributed by atoms with Crippen molar-refractivity contribution in [3.8, 4) is 0 Å². The highest BCUT2D eigenvalue weighted by Gasteiger charge is 2.11. The number of hydrogen-bond acceptors (Lipinski definition) is 2. The van der Waals surface area contributed by atoms with Crippen molar-refractivity contribution in [2.24, 2.45) is 0 Å². The molecule has 0 radical (unpaired) electrons. The van der Waals surface area contributed by atoms with E-state index in [4.69, 9.17) is 0 Å². The summed E-state index contributed by atoms with van der Waals surface area (Å²) in [4.78, 5) is 11.5. The minimum atomic E-state index is -0.290. The fraction of sp³-hybridized carbons (Fsp3) is 0.214. The fourth-order valence-corrected chi connectivity index (χ4v) is 1.48. The lowest BCUT2D eigenvalue weighted by molar-refractivity contribution is -0.114. The number of carbonyl (C=O) groups is 1. The molecule has 0 spiro atoms. The van der Waals surface area contributed by atoms with E-state index in [9.17, 15) is 9.18 Å². The number of allylic oxidation sites excluding steroid dienone is 2. The molecule has 0 fully saturated rings. The lowest BCUT2D eigenvalue weighted by Gasteiger charge is -2.10. The molecule has 1 aromatic carbocycles. The van der Waals surface area contributed by atoms with E-state index in [-0.39, 0.29) is 17.5 Å². The second kappa shape index (κ2) is 6.63. The fourth-order valence-electron chi connectivity index (χ4n) is 1.48. The van der Waals surface area contributed by atoms with Crippen molar-refractivity contribution in [3.05, 3.63) is 60.6 Å². The summed E-state index contributed by atoms with van der Waals surface area (Å²) in [5.41, 5.74) is 0.876. The van der Waals surface area contributed by atoms with Crippen LogP contribution in [0.5, 0.6) is 0 Å². The Kier molecular flexibility index (Phi) is 5.14. The van der Waals surface area contributed by atoms with Crippen LogP contribution in [-0.2, 0) is 9.53 Å². The largest absolute Gasteiger partial charge is 0.504 e. The van der Waals surface area contributed by atoms with E-state index >= 15 is 0 Å². The molecule has 0 aliphatic heterocycles. The van der Waals surface area contributed by atoms with Crippen molar-refractivity contribution in [3.63, 3.8) is 0 Å². The highest BCUT2D eigenvalue weighted by Crippen LogP contribution is 2.21. The number of hydrogen-bond donors (Lipinski definition) is 0. The molecular formula is C14H15FO2. The predicted molar refractivity (Wildman–Crippen MR) is 65.1 cm³/mol. The van der Waals surface area contributed by atoms with E-state index in [0.717, 1.165) is 5.56 Å². The van der Waals surface area contributed by atoms with Gasteiger partial charge in [-0.25, -0.2) is 4.39 Å². The van der Waals surface area contributed by atoms with Crippen molar-refractivity contribution in [1.29, 1.82) is 0 Å². The SMILES string of the molecule is C=C[C@@H](CC(=O)/C=C/OC)c1ccc(F)cc1. The van der Waals surface area contributed by atoms with Crippen LogP contribution in [0, 0.1) is 5.82 Å². The van der Waals surface area contributed by atoms with Crippen molar-refractivity contribution >= 4 is 5.78 Å². The van der Waals surface area contributed by atoms with Crippen LogP contribution in [0.3, 0.4) is 0 Å². The van der Waals surface area contributed by atoms with Crippen LogP contribution in [0.15, 0.2) is 49.3 Å². The molecule has 1 aromatic rings. The van der Waals surface area contributed by atoms with Crippen LogP contribution in [0.1, 0.15) is 17.9 Å².